The van der Waals surface area contributed by atoms with Gasteiger partial charge in [-0.15, -0.1) is 0 Å². The number of anilines is 1. The van der Waals surface area contributed by atoms with E-state index < -0.39 is 41.3 Å². The molecule has 1 aliphatic rings. The molecule has 1 aromatic heterocycles. The van der Waals surface area contributed by atoms with Gasteiger partial charge in [-0.2, -0.15) is 0 Å². The van der Waals surface area contributed by atoms with Crippen LogP contribution in [-0.4, -0.2) is 33.4 Å². The number of benzene rings is 2. The van der Waals surface area contributed by atoms with E-state index in [0.29, 0.717) is 5.56 Å². The van der Waals surface area contributed by atoms with Crippen LogP contribution >= 0.6 is 11.6 Å². The molecule has 0 radical (unpaired) electrons. The van der Waals surface area contributed by atoms with Crippen molar-refractivity contribution in [2.24, 2.45) is 14.1 Å². The summed E-state index contributed by atoms with van der Waals surface area (Å²) in [6, 6.07) is 9.60. The van der Waals surface area contributed by atoms with Gasteiger partial charge in [-0.25, -0.2) is 9.18 Å². The van der Waals surface area contributed by atoms with Crippen molar-refractivity contribution >= 4 is 35.8 Å². The van der Waals surface area contributed by atoms with E-state index in [2.05, 4.69) is 5.32 Å². The molecule has 2 heterocycles. The van der Waals surface area contributed by atoms with E-state index in [1.165, 1.54) is 20.2 Å². The summed E-state index contributed by atoms with van der Waals surface area (Å²) in [4.78, 5) is 37.2. The van der Waals surface area contributed by atoms with E-state index in [1.54, 1.807) is 30.3 Å². The Balaban J connectivity index is 1.70. The molecule has 1 N–H and O–H groups in total. The molecule has 2 aromatic carbocycles. The summed E-state index contributed by atoms with van der Waals surface area (Å²) in [5, 5.41) is 2.67. The number of rotatable bonds is 4. The van der Waals surface area contributed by atoms with Crippen LogP contribution in [0.1, 0.15) is 38.1 Å². The van der Waals surface area contributed by atoms with E-state index >= 15 is 4.39 Å². The second kappa shape index (κ2) is 9.03. The Morgan fingerprint density at radius 2 is 1.58 bits per heavy atom. The molecule has 8 nitrogen and oxygen atoms in total. The number of aromatic nitrogens is 2. The number of carbonyl (C=O) groups excluding carboxylic acids is 1. The molecule has 1 amide bonds. The highest BCUT2D eigenvalue weighted by molar-refractivity contribution is 6.62. The molecule has 1 aliphatic heterocycles. The lowest BCUT2D eigenvalue weighted by Crippen LogP contribution is -2.41. The van der Waals surface area contributed by atoms with Gasteiger partial charge in [0.05, 0.1) is 21.9 Å². The number of amides is 1. The van der Waals surface area contributed by atoms with E-state index in [9.17, 15) is 14.4 Å². The van der Waals surface area contributed by atoms with Gasteiger partial charge in [0.25, 0.3) is 11.5 Å². The lowest BCUT2D eigenvalue weighted by atomic mass is 9.77. The lowest BCUT2D eigenvalue weighted by Gasteiger charge is -2.32. The van der Waals surface area contributed by atoms with Gasteiger partial charge in [-0.1, -0.05) is 41.9 Å². The summed E-state index contributed by atoms with van der Waals surface area (Å²) in [5.41, 5.74) is -1.89. The highest BCUT2D eigenvalue weighted by Gasteiger charge is 2.52. The third-order valence-electron chi connectivity index (χ3n) is 6.76. The molecule has 0 bridgehead atoms. The Hall–Kier alpha value is -3.21. The molecule has 11 heteroatoms. The van der Waals surface area contributed by atoms with Gasteiger partial charge in [0.2, 0.25) is 0 Å². The molecule has 0 spiro atoms. The molecule has 3 aromatic rings. The van der Waals surface area contributed by atoms with Crippen LogP contribution in [0.2, 0.25) is 5.02 Å². The van der Waals surface area contributed by atoms with Crippen LogP contribution in [0.25, 0.3) is 11.1 Å². The highest BCUT2D eigenvalue weighted by Crippen LogP contribution is 2.38. The number of halogens is 2. The first-order chi connectivity index (χ1) is 16.7. The molecule has 36 heavy (non-hydrogen) atoms. The topological polar surface area (TPSA) is 91.6 Å². The van der Waals surface area contributed by atoms with Gasteiger partial charge in [0.1, 0.15) is 11.4 Å². The summed E-state index contributed by atoms with van der Waals surface area (Å²) in [5.74, 6) is -1.31. The first-order valence-electron chi connectivity index (χ1n) is 11.3. The van der Waals surface area contributed by atoms with Gasteiger partial charge in [-0.05, 0) is 33.8 Å². The van der Waals surface area contributed by atoms with Gasteiger partial charge in [0, 0.05) is 36.9 Å². The summed E-state index contributed by atoms with van der Waals surface area (Å²) in [6.45, 7) is 7.54. The van der Waals surface area contributed by atoms with Crippen LogP contribution in [0.4, 0.5) is 10.1 Å². The van der Waals surface area contributed by atoms with Crippen LogP contribution in [0.15, 0.2) is 52.2 Å². The normalized spacial score (nSPS) is 16.3. The van der Waals surface area contributed by atoms with Crippen LogP contribution in [-0.2, 0) is 23.4 Å². The molecular formula is C25H26BClFN3O5. The van der Waals surface area contributed by atoms with E-state index in [4.69, 9.17) is 20.9 Å². The Kier molecular flexibility index (Phi) is 6.49. The standard InChI is InChI=1S/C25H26BClFN3O5/c1-24(2)25(3,4)36-26(35-24)17-11-7-10-15(20(17)28)14-9-8-12-18(19(14)27)29-21(32)16-13-30(5)23(34)31(6)22(16)33/h7-13H,1-6H3,(H,29,32). The van der Waals surface area contributed by atoms with Crippen LogP contribution in [0.3, 0.4) is 0 Å². The van der Waals surface area contributed by atoms with Gasteiger partial charge in [0.15, 0.2) is 0 Å². The minimum atomic E-state index is -0.905. The number of nitrogens with zero attached hydrogens (tertiary/aromatic N) is 2. The fraction of sp³-hybridized carbons (Fsp3) is 0.320. The zero-order valence-corrected chi connectivity index (χ0v) is 21.6. The molecule has 0 unspecified atom stereocenters. The van der Waals surface area contributed by atoms with Crippen molar-refractivity contribution in [3.05, 3.63) is 79.8 Å². The molecule has 4 rings (SSSR count). The third-order valence-corrected chi connectivity index (χ3v) is 7.17. The maximum atomic E-state index is 15.8. The fourth-order valence-electron chi connectivity index (χ4n) is 3.90. The second-order valence-corrected chi connectivity index (χ2v) is 10.1. The summed E-state index contributed by atoms with van der Waals surface area (Å²) in [6.07, 6.45) is 1.16. The molecule has 0 atom stereocenters. The average Bonchev–Trinajstić information content (AvgIpc) is 3.03. The molecule has 1 fully saturated rings. The highest BCUT2D eigenvalue weighted by atomic mass is 35.5. The number of hydrogen-bond acceptors (Lipinski definition) is 5. The lowest BCUT2D eigenvalue weighted by molar-refractivity contribution is 0.00578. The van der Waals surface area contributed by atoms with Crippen LogP contribution < -0.4 is 22.0 Å². The molecule has 188 valence electrons. The Morgan fingerprint density at radius 1 is 1.00 bits per heavy atom. The molecule has 0 aliphatic carbocycles. The summed E-state index contributed by atoms with van der Waals surface area (Å²) in [7, 11) is 1.81. The SMILES string of the molecule is Cn1cc(C(=O)Nc2cccc(-c3cccc(B4OC(C)(C)C(C)(C)O4)c3F)c2Cl)c(=O)n(C)c1=O. The second-order valence-electron chi connectivity index (χ2n) is 9.72. The first kappa shape index (κ1) is 25.9. The molecule has 1 saturated heterocycles. The van der Waals surface area contributed by atoms with Crippen molar-refractivity contribution < 1.29 is 18.5 Å². The Bertz CT molecular complexity index is 1480. The number of aryl methyl sites for hydroxylation is 1. The quantitative estimate of drug-likeness (QED) is 0.542. The monoisotopic (exact) mass is 513 g/mol. The minimum Gasteiger partial charge on any atom is -0.399 e. The van der Waals surface area contributed by atoms with Crippen molar-refractivity contribution in [3.8, 4) is 11.1 Å². The van der Waals surface area contributed by atoms with Gasteiger partial charge < -0.3 is 19.2 Å². The van der Waals surface area contributed by atoms with Crippen molar-refractivity contribution in [1.82, 2.24) is 9.13 Å². The predicted octanol–water partition coefficient (Wildman–Crippen LogP) is 3.10. The van der Waals surface area contributed by atoms with Crippen molar-refractivity contribution in [2.75, 3.05) is 5.32 Å². The zero-order chi connectivity index (χ0) is 26.6. The fourth-order valence-corrected chi connectivity index (χ4v) is 4.18. The van der Waals surface area contributed by atoms with Gasteiger partial charge in [-0.3, -0.25) is 14.2 Å². The predicted molar refractivity (Wildman–Crippen MR) is 137 cm³/mol. The van der Waals surface area contributed by atoms with Gasteiger partial charge >= 0.3 is 12.8 Å². The third kappa shape index (κ3) is 4.29. The maximum absolute atomic E-state index is 15.8. The largest absolute Gasteiger partial charge is 0.497 e. The maximum Gasteiger partial charge on any atom is 0.497 e. The van der Waals surface area contributed by atoms with E-state index in [0.717, 1.165) is 15.3 Å². The van der Waals surface area contributed by atoms with Crippen molar-refractivity contribution in [3.63, 3.8) is 0 Å². The number of nitrogens with one attached hydrogen (secondary N) is 1. The summed E-state index contributed by atoms with van der Waals surface area (Å²) < 4.78 is 29.7. The smallest absolute Gasteiger partial charge is 0.399 e. The van der Waals surface area contributed by atoms with Crippen LogP contribution in [0.5, 0.6) is 0 Å². The summed E-state index contributed by atoms with van der Waals surface area (Å²) >= 11 is 6.59. The van der Waals surface area contributed by atoms with E-state index in [1.807, 2.05) is 27.7 Å². The first-order valence-corrected chi connectivity index (χ1v) is 11.6. The Labute approximate surface area is 212 Å². The Morgan fingerprint density at radius 3 is 2.22 bits per heavy atom. The minimum absolute atomic E-state index is 0.0810. The van der Waals surface area contributed by atoms with Crippen LogP contribution in [0, 0.1) is 5.82 Å². The number of hydrogen-bond donors (Lipinski definition) is 1. The average molecular weight is 514 g/mol. The molecular weight excluding hydrogens is 488 g/mol. The molecule has 0 saturated carbocycles. The number of carbonyl (C=O) groups is 1. The van der Waals surface area contributed by atoms with E-state index in [-0.39, 0.29) is 27.3 Å². The van der Waals surface area contributed by atoms with Crippen molar-refractivity contribution in [1.29, 1.82) is 0 Å². The van der Waals surface area contributed by atoms with Crippen molar-refractivity contribution in [2.45, 2.75) is 38.9 Å². The zero-order valence-electron chi connectivity index (χ0n) is 20.8.